The average Bonchev–Trinajstić information content (AvgIpc) is 2.99. The normalized spacial score (nSPS) is 26.4. The Morgan fingerprint density at radius 3 is 2.20 bits per heavy atom. The topological polar surface area (TPSA) is 84.9 Å². The van der Waals surface area contributed by atoms with E-state index in [4.69, 9.17) is 21.1 Å². The van der Waals surface area contributed by atoms with Gasteiger partial charge in [0.2, 0.25) is 0 Å². The first-order valence-corrected chi connectivity index (χ1v) is 16.7. The number of hydrogen-bond donors (Lipinski definition) is 1. The second-order valence-corrected chi connectivity index (χ2v) is 14.2. The fourth-order valence-electron chi connectivity index (χ4n) is 8.30. The lowest BCUT2D eigenvalue weighted by atomic mass is 9.48. The van der Waals surface area contributed by atoms with Crippen molar-refractivity contribution in [3.8, 4) is 11.5 Å². The third kappa shape index (κ3) is 5.79. The van der Waals surface area contributed by atoms with Crippen LogP contribution in [-0.2, 0) is 21.6 Å². The lowest BCUT2D eigenvalue weighted by molar-refractivity contribution is -0.122. The summed E-state index contributed by atoms with van der Waals surface area (Å²) in [6.45, 7) is 2.46. The van der Waals surface area contributed by atoms with E-state index in [9.17, 15) is 14.4 Å². The van der Waals surface area contributed by atoms with E-state index >= 15 is 0 Å². The Hall–Kier alpha value is -3.62. The Balaban J connectivity index is 1.14. The second kappa shape index (κ2) is 12.0. The Kier molecular flexibility index (Phi) is 7.98. The zero-order valence-corrected chi connectivity index (χ0v) is 27.3. The summed E-state index contributed by atoms with van der Waals surface area (Å²) in [5, 5.41) is 2.59. The van der Waals surface area contributed by atoms with Crippen molar-refractivity contribution in [2.45, 2.75) is 57.5 Å². The summed E-state index contributed by atoms with van der Waals surface area (Å²) in [5.74, 6) is 1.71. The van der Waals surface area contributed by atoms with Crippen molar-refractivity contribution in [3.63, 3.8) is 0 Å². The van der Waals surface area contributed by atoms with Gasteiger partial charge in [0.15, 0.2) is 11.5 Å². The number of barbiturate groups is 1. The Bertz CT molecular complexity index is 1670. The van der Waals surface area contributed by atoms with Crippen molar-refractivity contribution in [1.29, 1.82) is 0 Å². The number of benzene rings is 3. The molecular formula is C36H34BrClN2O5. The van der Waals surface area contributed by atoms with Crippen LogP contribution in [0.5, 0.6) is 11.5 Å². The molecule has 5 aliphatic rings. The van der Waals surface area contributed by atoms with Crippen molar-refractivity contribution in [3.05, 3.63) is 92.4 Å². The van der Waals surface area contributed by atoms with E-state index in [0.29, 0.717) is 29.4 Å². The number of hydrogen-bond acceptors (Lipinski definition) is 5. The van der Waals surface area contributed by atoms with Crippen LogP contribution in [0.25, 0.3) is 6.08 Å². The molecule has 4 bridgehead atoms. The van der Waals surface area contributed by atoms with Crippen LogP contribution in [0.15, 0.2) is 70.7 Å². The van der Waals surface area contributed by atoms with Gasteiger partial charge in [0, 0.05) is 4.47 Å². The number of ether oxygens (including phenoxy) is 2. The summed E-state index contributed by atoms with van der Waals surface area (Å²) in [5.41, 5.74) is 3.15. The third-order valence-electron chi connectivity index (χ3n) is 9.82. The largest absolute Gasteiger partial charge is 0.490 e. The summed E-state index contributed by atoms with van der Waals surface area (Å²) < 4.78 is 12.8. The standard InChI is InChI=1S/C36H34BrClN2O5/c1-2-44-31-16-22(15-30(38)32(31)45-20-21-3-7-27(37)8-4-21)14-29-33(41)39-35(43)40(34(29)42)28-9-5-26(6-10-28)36-17-23-11-24(18-36)13-25(12-23)19-36/h3-10,14-16,23-25H,2,11-13,17-20H2,1H3,(H,39,41,43)/b29-14+. The second-order valence-electron chi connectivity index (χ2n) is 12.9. The van der Waals surface area contributed by atoms with Gasteiger partial charge in [-0.2, -0.15) is 0 Å². The summed E-state index contributed by atoms with van der Waals surface area (Å²) in [4.78, 5) is 40.6. The third-order valence-corrected chi connectivity index (χ3v) is 10.6. The maximum Gasteiger partial charge on any atom is 0.335 e. The number of amides is 4. The van der Waals surface area contributed by atoms with Crippen LogP contribution >= 0.6 is 27.5 Å². The van der Waals surface area contributed by atoms with E-state index in [0.717, 1.165) is 32.7 Å². The first-order chi connectivity index (χ1) is 21.7. The molecule has 4 saturated carbocycles. The van der Waals surface area contributed by atoms with Crippen molar-refractivity contribution >= 4 is 57.1 Å². The lowest BCUT2D eigenvalue weighted by Gasteiger charge is -2.57. The number of urea groups is 1. The maximum absolute atomic E-state index is 13.7. The molecule has 1 N–H and O–H groups in total. The van der Waals surface area contributed by atoms with Crippen LogP contribution in [0.3, 0.4) is 0 Å². The van der Waals surface area contributed by atoms with Gasteiger partial charge in [-0.1, -0.05) is 51.8 Å². The van der Waals surface area contributed by atoms with Gasteiger partial charge in [-0.3, -0.25) is 14.9 Å². The van der Waals surface area contributed by atoms with E-state index in [-0.39, 0.29) is 22.6 Å². The fraction of sp³-hybridized carbons (Fsp3) is 0.361. The molecule has 3 aromatic rings. The maximum atomic E-state index is 13.7. The predicted molar refractivity (Wildman–Crippen MR) is 176 cm³/mol. The highest BCUT2D eigenvalue weighted by Crippen LogP contribution is 2.60. The molecule has 7 nitrogen and oxygen atoms in total. The number of carbonyl (C=O) groups excluding carboxylic acids is 3. The van der Waals surface area contributed by atoms with Crippen molar-refractivity contribution in [1.82, 2.24) is 5.32 Å². The zero-order chi connectivity index (χ0) is 31.3. The van der Waals surface area contributed by atoms with E-state index in [2.05, 4.69) is 33.4 Å². The molecule has 45 heavy (non-hydrogen) atoms. The number of nitrogens with one attached hydrogen (secondary N) is 1. The van der Waals surface area contributed by atoms with Gasteiger partial charge < -0.3 is 9.47 Å². The fourth-order valence-corrected chi connectivity index (χ4v) is 8.84. The minimum atomic E-state index is -0.769. The summed E-state index contributed by atoms with van der Waals surface area (Å²) in [6.07, 6.45) is 9.19. The van der Waals surface area contributed by atoms with Crippen LogP contribution < -0.4 is 19.7 Å². The number of nitrogens with zero attached hydrogens (tertiary/aromatic N) is 1. The number of anilines is 1. The molecule has 0 radical (unpaired) electrons. The minimum absolute atomic E-state index is 0.179. The molecular weight excluding hydrogens is 656 g/mol. The van der Waals surface area contributed by atoms with Crippen LogP contribution in [-0.4, -0.2) is 24.5 Å². The summed E-state index contributed by atoms with van der Waals surface area (Å²) in [7, 11) is 0. The van der Waals surface area contributed by atoms with Gasteiger partial charge in [-0.05, 0) is 128 Å². The molecule has 1 aliphatic heterocycles. The molecule has 4 aliphatic carbocycles. The van der Waals surface area contributed by atoms with Crippen LogP contribution in [0, 0.1) is 17.8 Å². The highest BCUT2D eigenvalue weighted by atomic mass is 79.9. The first-order valence-electron chi connectivity index (χ1n) is 15.6. The van der Waals surface area contributed by atoms with Gasteiger partial charge in [0.05, 0.1) is 17.3 Å². The van der Waals surface area contributed by atoms with Gasteiger partial charge in [0.1, 0.15) is 12.2 Å². The van der Waals surface area contributed by atoms with Crippen LogP contribution in [0.2, 0.25) is 5.02 Å². The highest BCUT2D eigenvalue weighted by Gasteiger charge is 2.51. The molecule has 232 valence electrons. The van der Waals surface area contributed by atoms with E-state index in [1.54, 1.807) is 12.1 Å². The van der Waals surface area contributed by atoms with Gasteiger partial charge in [-0.15, -0.1) is 0 Å². The van der Waals surface area contributed by atoms with Crippen molar-refractivity contribution in [2.75, 3.05) is 11.5 Å². The van der Waals surface area contributed by atoms with Crippen LogP contribution in [0.4, 0.5) is 10.5 Å². The monoisotopic (exact) mass is 688 g/mol. The summed E-state index contributed by atoms with van der Waals surface area (Å²) >= 11 is 10.1. The molecule has 0 unspecified atom stereocenters. The molecule has 9 heteroatoms. The molecule has 3 aromatic carbocycles. The van der Waals surface area contributed by atoms with Crippen molar-refractivity contribution < 1.29 is 23.9 Å². The molecule has 1 saturated heterocycles. The van der Waals surface area contributed by atoms with Crippen LogP contribution in [0.1, 0.15) is 62.1 Å². The number of halogens is 2. The molecule has 8 rings (SSSR count). The molecule has 5 fully saturated rings. The van der Waals surface area contributed by atoms with E-state index in [1.165, 1.54) is 50.2 Å². The molecule has 4 amide bonds. The molecule has 0 spiro atoms. The first kappa shape index (κ1) is 30.1. The lowest BCUT2D eigenvalue weighted by Crippen LogP contribution is -2.54. The number of carbonyl (C=O) groups is 3. The van der Waals surface area contributed by atoms with E-state index < -0.39 is 17.8 Å². The Morgan fingerprint density at radius 1 is 0.933 bits per heavy atom. The predicted octanol–water partition coefficient (Wildman–Crippen LogP) is 8.21. The SMILES string of the molecule is CCOc1cc(/C=C2\C(=O)NC(=O)N(c3ccc(C45CC6CC(CC(C6)C4)C5)cc3)C2=O)cc(Cl)c1OCc1ccc(Br)cc1. The summed E-state index contributed by atoms with van der Waals surface area (Å²) in [6, 6.07) is 18.1. The average molecular weight is 690 g/mol. The molecule has 0 atom stereocenters. The van der Waals surface area contributed by atoms with E-state index in [1.807, 2.05) is 43.3 Å². The van der Waals surface area contributed by atoms with Gasteiger partial charge in [0.25, 0.3) is 11.8 Å². The van der Waals surface area contributed by atoms with Crippen molar-refractivity contribution in [2.24, 2.45) is 17.8 Å². The smallest absolute Gasteiger partial charge is 0.335 e. The molecule has 0 aromatic heterocycles. The minimum Gasteiger partial charge on any atom is -0.490 e. The molecule has 1 heterocycles. The number of rotatable bonds is 8. The van der Waals surface area contributed by atoms with Gasteiger partial charge in [-0.25, -0.2) is 9.69 Å². The Labute approximate surface area is 276 Å². The number of imide groups is 2. The zero-order valence-electron chi connectivity index (χ0n) is 25.0. The van der Waals surface area contributed by atoms with Gasteiger partial charge >= 0.3 is 6.03 Å². The highest BCUT2D eigenvalue weighted by molar-refractivity contribution is 9.10. The Morgan fingerprint density at radius 2 is 1.58 bits per heavy atom. The quantitative estimate of drug-likeness (QED) is 0.190.